The minimum Gasteiger partial charge on any atom is -0.380 e. The molecular formula is C14H18FNO. The molecule has 3 rings (SSSR count). The van der Waals surface area contributed by atoms with Gasteiger partial charge in [0.25, 0.3) is 0 Å². The molecule has 0 amide bonds. The van der Waals surface area contributed by atoms with E-state index in [0.29, 0.717) is 6.04 Å². The Balaban J connectivity index is 1.69. The van der Waals surface area contributed by atoms with Crippen molar-refractivity contribution in [2.24, 2.45) is 5.41 Å². The molecule has 2 nitrogen and oxygen atoms in total. The number of fused-ring (bicyclic) bond motifs is 1. The van der Waals surface area contributed by atoms with Crippen LogP contribution in [0.4, 0.5) is 4.39 Å². The highest BCUT2D eigenvalue weighted by Gasteiger charge is 2.34. The second-order valence-electron chi connectivity index (χ2n) is 5.58. The molecule has 1 heterocycles. The third kappa shape index (κ3) is 1.98. The fraction of sp³-hybridized carbons (Fsp3) is 0.571. The molecule has 3 heteroatoms. The van der Waals surface area contributed by atoms with Crippen LogP contribution in [0.3, 0.4) is 0 Å². The fourth-order valence-corrected chi connectivity index (χ4v) is 2.74. The van der Waals surface area contributed by atoms with E-state index in [1.807, 2.05) is 12.1 Å². The Kier molecular flexibility index (Phi) is 2.68. The van der Waals surface area contributed by atoms with E-state index < -0.39 is 0 Å². The predicted octanol–water partition coefficient (Wildman–Crippen LogP) is 2.44. The molecule has 0 spiro atoms. The smallest absolute Gasteiger partial charge is 0.126 e. The highest BCUT2D eigenvalue weighted by molar-refractivity contribution is 5.35. The second kappa shape index (κ2) is 4.07. The van der Waals surface area contributed by atoms with Crippen LogP contribution in [0.1, 0.15) is 30.5 Å². The third-order valence-corrected chi connectivity index (χ3v) is 3.89. The zero-order chi connectivity index (χ0) is 11.9. The molecule has 0 radical (unpaired) electrons. The van der Waals surface area contributed by atoms with Gasteiger partial charge in [0.2, 0.25) is 0 Å². The molecule has 17 heavy (non-hydrogen) atoms. The quantitative estimate of drug-likeness (QED) is 0.869. The first-order valence-electron chi connectivity index (χ1n) is 6.26. The molecule has 0 aromatic heterocycles. The number of benzene rings is 1. The minimum absolute atomic E-state index is 0.0509. The van der Waals surface area contributed by atoms with Crippen molar-refractivity contribution in [2.45, 2.75) is 25.8 Å². The zero-order valence-corrected chi connectivity index (χ0v) is 10.1. The molecule has 1 aromatic carbocycles. The van der Waals surface area contributed by atoms with Crippen LogP contribution in [0.2, 0.25) is 0 Å². The number of hydrogen-bond donors (Lipinski definition) is 1. The lowest BCUT2D eigenvalue weighted by Gasteiger charge is -2.39. The minimum atomic E-state index is -0.0509. The van der Waals surface area contributed by atoms with E-state index in [1.54, 1.807) is 6.07 Å². The fourth-order valence-electron chi connectivity index (χ4n) is 2.74. The van der Waals surface area contributed by atoms with Gasteiger partial charge >= 0.3 is 0 Å². The second-order valence-corrected chi connectivity index (χ2v) is 5.58. The summed E-state index contributed by atoms with van der Waals surface area (Å²) in [7, 11) is 0. The molecule has 92 valence electrons. The predicted molar refractivity (Wildman–Crippen MR) is 64.4 cm³/mol. The van der Waals surface area contributed by atoms with Crippen molar-refractivity contribution < 1.29 is 9.13 Å². The summed E-state index contributed by atoms with van der Waals surface area (Å²) in [4.78, 5) is 0. The molecule has 0 saturated carbocycles. The topological polar surface area (TPSA) is 21.3 Å². The first kappa shape index (κ1) is 11.2. The Bertz CT molecular complexity index is 428. The van der Waals surface area contributed by atoms with E-state index in [0.717, 1.165) is 43.7 Å². The van der Waals surface area contributed by atoms with Crippen molar-refractivity contribution in [1.29, 1.82) is 0 Å². The van der Waals surface area contributed by atoms with Gasteiger partial charge in [0.05, 0.1) is 13.2 Å². The normalized spacial score (nSPS) is 25.4. The van der Waals surface area contributed by atoms with Crippen LogP contribution in [0.15, 0.2) is 18.2 Å². The van der Waals surface area contributed by atoms with Crippen molar-refractivity contribution in [1.82, 2.24) is 5.32 Å². The van der Waals surface area contributed by atoms with Crippen LogP contribution in [0, 0.1) is 11.2 Å². The largest absolute Gasteiger partial charge is 0.380 e. The first-order valence-corrected chi connectivity index (χ1v) is 6.26. The van der Waals surface area contributed by atoms with Crippen LogP contribution in [-0.4, -0.2) is 19.8 Å². The van der Waals surface area contributed by atoms with E-state index in [9.17, 15) is 4.39 Å². The van der Waals surface area contributed by atoms with Gasteiger partial charge in [-0.3, -0.25) is 0 Å². The van der Waals surface area contributed by atoms with E-state index in [-0.39, 0.29) is 11.2 Å². The molecule has 1 unspecified atom stereocenters. The van der Waals surface area contributed by atoms with Gasteiger partial charge in [-0.15, -0.1) is 0 Å². The van der Waals surface area contributed by atoms with Crippen LogP contribution in [0.5, 0.6) is 0 Å². The van der Waals surface area contributed by atoms with Crippen molar-refractivity contribution in [3.05, 3.63) is 35.1 Å². The average molecular weight is 235 g/mol. The summed E-state index contributed by atoms with van der Waals surface area (Å²) in [6, 6.07) is 5.73. The number of ether oxygens (including phenoxy) is 1. The molecule has 2 aliphatic rings. The molecule has 1 atom stereocenters. The lowest BCUT2D eigenvalue weighted by molar-refractivity contribution is -0.100. The molecule has 1 aromatic rings. The molecule has 1 fully saturated rings. The van der Waals surface area contributed by atoms with Gasteiger partial charge in [-0.2, -0.15) is 0 Å². The van der Waals surface area contributed by atoms with Crippen LogP contribution in [0.25, 0.3) is 0 Å². The maximum Gasteiger partial charge on any atom is 0.126 e. The molecule has 0 bridgehead atoms. The summed E-state index contributed by atoms with van der Waals surface area (Å²) < 4.78 is 18.8. The van der Waals surface area contributed by atoms with Gasteiger partial charge in [-0.1, -0.05) is 19.1 Å². The van der Waals surface area contributed by atoms with Crippen LogP contribution < -0.4 is 5.32 Å². The Labute approximate surface area is 101 Å². The van der Waals surface area contributed by atoms with Gasteiger partial charge in [0.15, 0.2) is 0 Å². The van der Waals surface area contributed by atoms with Crippen LogP contribution in [-0.2, 0) is 11.2 Å². The van der Waals surface area contributed by atoms with E-state index in [2.05, 4.69) is 12.2 Å². The Hall–Kier alpha value is -0.930. The van der Waals surface area contributed by atoms with Gasteiger partial charge in [0, 0.05) is 18.0 Å². The summed E-state index contributed by atoms with van der Waals surface area (Å²) in [5, 5.41) is 3.56. The summed E-state index contributed by atoms with van der Waals surface area (Å²) in [5.41, 5.74) is 2.32. The lowest BCUT2D eigenvalue weighted by Crippen LogP contribution is -2.47. The van der Waals surface area contributed by atoms with E-state index in [4.69, 9.17) is 4.74 Å². The summed E-state index contributed by atoms with van der Waals surface area (Å²) in [6.45, 7) is 4.85. The summed E-state index contributed by atoms with van der Waals surface area (Å²) in [6.07, 6.45) is 1.86. The third-order valence-electron chi connectivity index (χ3n) is 3.89. The number of nitrogens with one attached hydrogen (secondary N) is 1. The number of rotatable bonds is 3. The summed E-state index contributed by atoms with van der Waals surface area (Å²) in [5.74, 6) is -0.0509. The molecule has 1 aliphatic carbocycles. The molecule has 1 aliphatic heterocycles. The molecular weight excluding hydrogens is 217 g/mol. The van der Waals surface area contributed by atoms with Gasteiger partial charge in [-0.25, -0.2) is 4.39 Å². The maximum absolute atomic E-state index is 13.6. The SMILES string of the molecule is CC1(CNC2CCc3c(F)cccc32)COC1. The van der Waals surface area contributed by atoms with Crippen molar-refractivity contribution >= 4 is 0 Å². The van der Waals surface area contributed by atoms with Gasteiger partial charge < -0.3 is 10.1 Å². The monoisotopic (exact) mass is 235 g/mol. The Morgan fingerprint density at radius 1 is 1.47 bits per heavy atom. The van der Waals surface area contributed by atoms with Gasteiger partial charge in [0.1, 0.15) is 5.82 Å². The Morgan fingerprint density at radius 3 is 3.00 bits per heavy atom. The van der Waals surface area contributed by atoms with Crippen LogP contribution >= 0.6 is 0 Å². The zero-order valence-electron chi connectivity index (χ0n) is 10.1. The Morgan fingerprint density at radius 2 is 2.29 bits per heavy atom. The lowest BCUT2D eigenvalue weighted by atomic mass is 9.88. The highest BCUT2D eigenvalue weighted by atomic mass is 19.1. The van der Waals surface area contributed by atoms with Gasteiger partial charge in [-0.05, 0) is 30.0 Å². The van der Waals surface area contributed by atoms with E-state index >= 15 is 0 Å². The number of hydrogen-bond acceptors (Lipinski definition) is 2. The average Bonchev–Trinajstić information content (AvgIpc) is 2.69. The maximum atomic E-state index is 13.6. The van der Waals surface area contributed by atoms with Crippen molar-refractivity contribution in [2.75, 3.05) is 19.8 Å². The van der Waals surface area contributed by atoms with Crippen molar-refractivity contribution in [3.8, 4) is 0 Å². The highest BCUT2D eigenvalue weighted by Crippen LogP contribution is 2.34. The molecule has 1 saturated heterocycles. The first-order chi connectivity index (χ1) is 8.18. The number of halogens is 1. The standard InChI is InChI=1S/C14H18FNO/c1-14(8-17-9-14)7-16-13-6-5-10-11(13)3-2-4-12(10)15/h2-4,13,16H,5-9H2,1H3. The molecule has 1 N–H and O–H groups in total. The van der Waals surface area contributed by atoms with Crippen molar-refractivity contribution in [3.63, 3.8) is 0 Å². The van der Waals surface area contributed by atoms with E-state index in [1.165, 1.54) is 0 Å². The summed E-state index contributed by atoms with van der Waals surface area (Å²) >= 11 is 0.